The van der Waals surface area contributed by atoms with E-state index in [4.69, 9.17) is 32.8 Å². The Morgan fingerprint density at radius 3 is 2.03 bits per heavy atom. The van der Waals surface area contributed by atoms with E-state index >= 15 is 0 Å². The first-order valence-electron chi connectivity index (χ1n) is 33.7. The average molecular weight is 1440 g/mol. The van der Waals surface area contributed by atoms with Crippen molar-refractivity contribution >= 4 is 74.5 Å². The summed E-state index contributed by atoms with van der Waals surface area (Å²) in [6, 6.07) is 32.4. The van der Waals surface area contributed by atoms with Crippen molar-refractivity contribution in [2.45, 2.75) is 95.0 Å². The van der Waals surface area contributed by atoms with Gasteiger partial charge in [-0.15, -0.1) is 15.3 Å². The van der Waals surface area contributed by atoms with Gasteiger partial charge in [0.05, 0.1) is 94.3 Å². The van der Waals surface area contributed by atoms with E-state index < -0.39 is 66.3 Å². The lowest BCUT2D eigenvalue weighted by molar-refractivity contribution is -0.384. The number of aromatic carboxylic acids is 1. The number of anilines is 2. The summed E-state index contributed by atoms with van der Waals surface area (Å²) in [6.07, 6.45) is -4.56. The molecular formula is C72H87N14O18+. The fraction of sp³-hybridized carbons (Fsp3) is 0.403. The molecule has 1 saturated heterocycles. The number of fused-ring (bicyclic) bond motifs is 2. The molecule has 32 nitrogen and oxygen atoms in total. The van der Waals surface area contributed by atoms with Crippen molar-refractivity contribution in [2.75, 3.05) is 105 Å². The Hall–Kier alpha value is -10.7. The molecule has 8 N–H and O–H groups in total. The van der Waals surface area contributed by atoms with Crippen LogP contribution in [0, 0.1) is 10.1 Å². The molecule has 32 heteroatoms. The van der Waals surface area contributed by atoms with Gasteiger partial charge in [0.1, 0.15) is 78.4 Å². The number of nitrogens with one attached hydrogen (secondary N) is 3. The van der Waals surface area contributed by atoms with Gasteiger partial charge in [-0.25, -0.2) is 14.1 Å². The number of nitrogens with zero attached hydrogens (tertiary/aromatic N) is 11. The minimum absolute atomic E-state index is 0.0322. The highest BCUT2D eigenvalue weighted by molar-refractivity contribution is 6.09. The summed E-state index contributed by atoms with van der Waals surface area (Å²) >= 11 is 0. The molecule has 0 saturated carbocycles. The van der Waals surface area contributed by atoms with E-state index in [0.29, 0.717) is 125 Å². The molecular weight excluding hydrogens is 1350 g/mol. The average Bonchev–Trinajstić information content (AvgIpc) is 0.781. The normalized spacial score (nSPS) is 16.2. The number of amides is 3. The number of hydrogen-bond donors (Lipinski definition) is 8. The molecule has 2 aliphatic heterocycles. The largest absolute Gasteiger partial charge is 0.494 e. The van der Waals surface area contributed by atoms with Gasteiger partial charge in [0.25, 0.3) is 11.6 Å². The van der Waals surface area contributed by atoms with Crippen LogP contribution in [0.5, 0.6) is 11.5 Å². The van der Waals surface area contributed by atoms with E-state index in [-0.39, 0.29) is 68.5 Å². The van der Waals surface area contributed by atoms with Gasteiger partial charge in [-0.3, -0.25) is 24.5 Å². The second kappa shape index (κ2) is 37.5. The van der Waals surface area contributed by atoms with Crippen molar-refractivity contribution in [2.24, 2.45) is 20.5 Å². The van der Waals surface area contributed by atoms with Crippen LogP contribution in [-0.2, 0) is 41.6 Å². The number of non-ortho nitro benzene ring substituents is 1. The molecule has 9 rings (SSSR count). The maximum atomic E-state index is 13.4. The Bertz CT molecular complexity index is 4350. The third-order valence-electron chi connectivity index (χ3n) is 17.0. The van der Waals surface area contributed by atoms with Gasteiger partial charge in [0, 0.05) is 117 Å². The zero-order chi connectivity index (χ0) is 74.4. The first-order valence-corrected chi connectivity index (χ1v) is 33.7. The molecule has 6 aromatic rings. The molecule has 3 heterocycles. The molecule has 1 unspecified atom stereocenters. The number of aliphatic hydroxyl groups is 4. The van der Waals surface area contributed by atoms with Crippen LogP contribution in [0.25, 0.3) is 33.4 Å². The number of aliphatic hydroxyl groups excluding tert-OH is 4. The third kappa shape index (κ3) is 21.0. The van der Waals surface area contributed by atoms with E-state index in [2.05, 4.69) is 46.7 Å². The predicted octanol–water partition coefficient (Wildman–Crippen LogP) is 7.55. The summed E-state index contributed by atoms with van der Waals surface area (Å²) in [5, 5.41) is 98.4. The zero-order valence-corrected chi connectivity index (χ0v) is 58.8. The van der Waals surface area contributed by atoms with Crippen LogP contribution in [0.4, 0.5) is 39.8 Å². The Morgan fingerprint density at radius 1 is 0.721 bits per heavy atom. The Kier molecular flexibility index (Phi) is 27.9. The maximum Gasteiger partial charge on any atom is 0.336 e. The minimum Gasteiger partial charge on any atom is -0.494 e. The molecule has 1 aliphatic carbocycles. The molecule has 104 heavy (non-hydrogen) atoms. The lowest BCUT2D eigenvalue weighted by Gasteiger charge is -2.40. The number of ether oxygens (including phenoxy) is 6. The number of carboxylic acids is 1. The van der Waals surface area contributed by atoms with Crippen LogP contribution < -0.4 is 45.2 Å². The van der Waals surface area contributed by atoms with E-state index in [1.807, 2.05) is 110 Å². The fourth-order valence-corrected chi connectivity index (χ4v) is 11.2. The second-order valence-corrected chi connectivity index (χ2v) is 24.8. The zero-order valence-electron chi connectivity index (χ0n) is 58.8. The van der Waals surface area contributed by atoms with Crippen LogP contribution in [0.1, 0.15) is 71.4 Å². The number of carbonyl (C=O) groups excluding carboxylic acids is 3. The van der Waals surface area contributed by atoms with E-state index in [1.54, 1.807) is 35.1 Å². The number of rotatable bonds is 37. The topological polar surface area (TPSA) is 407 Å². The van der Waals surface area contributed by atoms with Crippen LogP contribution in [0.3, 0.4) is 0 Å². The summed E-state index contributed by atoms with van der Waals surface area (Å²) in [5.74, 6) is -0.964. The number of methoxy groups -OCH3 is 2. The standard InChI is InChI=1S/C72H86N14O18/c1-82(2)50-23-26-53-58(36-50)102-59-37-51(83(3)4)24-27-54(59)66(53)52-25-14-44(35-55(52)71(94)95)70(93)74-29-11-9-8-10-28-73-64(89)40-65(104-72-69(92)68(91)67(90)62(43-87)103-72)101-34-33-100-32-31-85-42-47(78-81-85)41-75-63(88)13-12-30-84(5)48-19-15-45(16-20-48)76-79-56-38-61(99-7)57(39-60(56)98-6)80-77-46-17-21-49(22-18-46)86(96)97/h14-27,35-39,42,62,65,67-69,72,87,90-92H,8-13,28-34,40-41,43H2,1-7H3,(H3-,73,74,75,88,89,93,94,95)/p+1/t62-,65?,67+,68+,69-,72-/m1/s1. The van der Waals surface area contributed by atoms with Crippen molar-refractivity contribution < 1.29 is 82.5 Å². The van der Waals surface area contributed by atoms with Crippen molar-refractivity contribution in [1.82, 2.24) is 35.5 Å². The lowest BCUT2D eigenvalue weighted by Crippen LogP contribution is -2.59. The first-order chi connectivity index (χ1) is 50.1. The molecule has 0 bridgehead atoms. The second-order valence-electron chi connectivity index (χ2n) is 24.8. The highest BCUT2D eigenvalue weighted by Crippen LogP contribution is 2.44. The van der Waals surface area contributed by atoms with Crippen molar-refractivity contribution in [1.29, 1.82) is 0 Å². The van der Waals surface area contributed by atoms with Gasteiger partial charge >= 0.3 is 5.97 Å². The summed E-state index contributed by atoms with van der Waals surface area (Å²) < 4.78 is 44.0. The van der Waals surface area contributed by atoms with Gasteiger partial charge < -0.3 is 84.1 Å². The van der Waals surface area contributed by atoms with Crippen molar-refractivity contribution in [3.63, 3.8) is 0 Å². The molecule has 1 fully saturated rings. The number of carbonyl (C=O) groups is 4. The smallest absolute Gasteiger partial charge is 0.336 e. The molecule has 1 aromatic heterocycles. The van der Waals surface area contributed by atoms with Crippen molar-refractivity contribution in [3.8, 4) is 33.9 Å². The van der Waals surface area contributed by atoms with Gasteiger partial charge in [-0.1, -0.05) is 24.1 Å². The number of benzene rings is 6. The SMILES string of the molecule is COc1cc(N=Nc2ccc([N+](=O)[O-])cc2)c(OC)cc1N=Nc1ccc(N(C)CCCC(=O)NCc2cn(CCOCCOC(CC(=O)NCCCCCCNC(=O)c3ccc(-c4c5ccc(=[N+](C)C)cc-5oc5cc(N(C)C)ccc45)c(C(=O)O)c3)O[C@H]3O[C@H](CO)[C@H](O)[C@H](O)[C@H]3O)nn2)cc1. The van der Waals surface area contributed by atoms with Gasteiger partial charge in [0.15, 0.2) is 12.6 Å². The van der Waals surface area contributed by atoms with Gasteiger partial charge in [-0.2, -0.15) is 10.2 Å². The summed E-state index contributed by atoms with van der Waals surface area (Å²) in [7, 11) is 12.6. The molecule has 0 radical (unpaired) electrons. The number of nitro groups is 1. The highest BCUT2D eigenvalue weighted by atomic mass is 16.8. The number of azo groups is 2. The number of carboxylic acid groups (broad SMARTS) is 1. The highest BCUT2D eigenvalue weighted by Gasteiger charge is 2.45. The quantitative estimate of drug-likeness (QED) is 0.00354. The van der Waals surface area contributed by atoms with Crippen LogP contribution in [0.2, 0.25) is 0 Å². The number of aromatic nitrogens is 3. The minimum atomic E-state index is -1.75. The third-order valence-corrected chi connectivity index (χ3v) is 17.0. The summed E-state index contributed by atoms with van der Waals surface area (Å²) in [5.41, 5.74) is 6.52. The van der Waals surface area contributed by atoms with E-state index in [0.717, 1.165) is 16.7 Å². The van der Waals surface area contributed by atoms with Crippen LogP contribution in [0.15, 0.2) is 146 Å². The Labute approximate surface area is 598 Å². The maximum absolute atomic E-state index is 13.4. The monoisotopic (exact) mass is 1440 g/mol. The first kappa shape index (κ1) is 77.4. The number of hydrogen-bond acceptors (Lipinski definition) is 25. The molecule has 3 aliphatic rings. The number of unbranched alkanes of at least 4 members (excludes halogenated alkanes) is 3. The summed E-state index contributed by atoms with van der Waals surface area (Å²) in [4.78, 5) is 66.9. The van der Waals surface area contributed by atoms with E-state index in [9.17, 15) is 54.8 Å². The molecule has 0 spiro atoms. The summed E-state index contributed by atoms with van der Waals surface area (Å²) in [6.45, 7) is 1.07. The Balaban J connectivity index is 0.666. The van der Waals surface area contributed by atoms with Crippen LogP contribution in [-0.4, -0.2) is 202 Å². The Morgan fingerprint density at radius 2 is 1.38 bits per heavy atom. The van der Waals surface area contributed by atoms with Crippen molar-refractivity contribution in [3.05, 3.63) is 154 Å². The number of nitro benzene ring substituents is 1. The predicted molar refractivity (Wildman–Crippen MR) is 382 cm³/mol. The van der Waals surface area contributed by atoms with E-state index in [1.165, 1.54) is 44.6 Å². The van der Waals surface area contributed by atoms with Gasteiger partial charge in [-0.05, 0) is 91.6 Å². The molecule has 6 atom stereocenters. The van der Waals surface area contributed by atoms with Crippen LogP contribution >= 0.6 is 0 Å². The molecule has 5 aromatic carbocycles. The lowest BCUT2D eigenvalue weighted by atomic mass is 9.89. The fourth-order valence-electron chi connectivity index (χ4n) is 11.2. The van der Waals surface area contributed by atoms with Gasteiger partial charge in [0.2, 0.25) is 17.2 Å². The molecule has 552 valence electrons. The molecule has 3 amide bonds.